The smallest absolute Gasteiger partial charge is 0.355 e. The molecule has 0 aliphatic rings. The summed E-state index contributed by atoms with van der Waals surface area (Å²) in [6, 6.07) is 5.62. The molecule has 2 aromatic rings. The van der Waals surface area contributed by atoms with Crippen molar-refractivity contribution in [2.45, 2.75) is 26.9 Å². The molecule has 0 saturated carbocycles. The maximum Gasteiger partial charge on any atom is 0.355 e. The first-order valence-electron chi connectivity index (χ1n) is 7.25. The Hall–Kier alpha value is -2.96. The van der Waals surface area contributed by atoms with Gasteiger partial charge in [-0.2, -0.15) is 0 Å². The van der Waals surface area contributed by atoms with Gasteiger partial charge in [-0.05, 0) is 44.5 Å². The highest BCUT2D eigenvalue weighted by molar-refractivity contribution is 5.99. The highest BCUT2D eigenvalue weighted by atomic mass is 19.1. The first kappa shape index (κ1) is 17.4. The monoisotopic (exact) mass is 332 g/mol. The van der Waals surface area contributed by atoms with Crippen molar-refractivity contribution < 1.29 is 23.5 Å². The van der Waals surface area contributed by atoms with Crippen LogP contribution in [0.2, 0.25) is 0 Å². The molecule has 1 amide bonds. The SMILES string of the molecule is CC(=O)c1c[nH]c(C(=O)O[C@@H](C)C(=O)Nc2ccc(C)c(F)c2)c1. The number of hydrogen-bond acceptors (Lipinski definition) is 4. The Labute approximate surface area is 138 Å². The fourth-order valence-corrected chi connectivity index (χ4v) is 1.91. The molecule has 0 spiro atoms. The van der Waals surface area contributed by atoms with E-state index in [1.54, 1.807) is 13.0 Å². The molecule has 1 aromatic heterocycles. The quantitative estimate of drug-likeness (QED) is 0.651. The molecule has 7 heteroatoms. The fraction of sp³-hybridized carbons (Fsp3) is 0.235. The van der Waals surface area contributed by atoms with Gasteiger partial charge in [-0.1, -0.05) is 6.07 Å². The van der Waals surface area contributed by atoms with Crippen LogP contribution in [0.25, 0.3) is 0 Å². The number of ether oxygens (including phenoxy) is 1. The fourth-order valence-electron chi connectivity index (χ4n) is 1.91. The van der Waals surface area contributed by atoms with Gasteiger partial charge in [0.15, 0.2) is 11.9 Å². The number of carbonyl (C=O) groups is 3. The number of hydrogen-bond donors (Lipinski definition) is 2. The lowest BCUT2D eigenvalue weighted by molar-refractivity contribution is -0.123. The summed E-state index contributed by atoms with van der Waals surface area (Å²) in [6.07, 6.45) is 0.296. The zero-order valence-electron chi connectivity index (χ0n) is 13.5. The molecule has 24 heavy (non-hydrogen) atoms. The molecule has 0 fully saturated rings. The number of benzene rings is 1. The topological polar surface area (TPSA) is 88.3 Å². The largest absolute Gasteiger partial charge is 0.448 e. The Balaban J connectivity index is 1.98. The molecule has 6 nitrogen and oxygen atoms in total. The molecule has 2 N–H and O–H groups in total. The number of nitrogens with one attached hydrogen (secondary N) is 2. The van der Waals surface area contributed by atoms with E-state index >= 15 is 0 Å². The molecule has 0 aliphatic carbocycles. The van der Waals surface area contributed by atoms with Crippen LogP contribution in [0.1, 0.15) is 40.3 Å². The van der Waals surface area contributed by atoms with Gasteiger partial charge in [0.2, 0.25) is 0 Å². The van der Waals surface area contributed by atoms with Gasteiger partial charge in [-0.25, -0.2) is 9.18 Å². The number of carbonyl (C=O) groups excluding carboxylic acids is 3. The van der Waals surface area contributed by atoms with Crippen molar-refractivity contribution in [1.82, 2.24) is 4.98 Å². The number of Topliss-reactive ketones (excluding diaryl/α,β-unsaturated/α-hetero) is 1. The Kier molecular flexibility index (Phi) is 5.13. The number of ketones is 1. The second-order valence-electron chi connectivity index (χ2n) is 5.36. The van der Waals surface area contributed by atoms with Crippen LogP contribution in [0.15, 0.2) is 30.5 Å². The van der Waals surface area contributed by atoms with E-state index in [1.807, 2.05) is 0 Å². The van der Waals surface area contributed by atoms with Crippen molar-refractivity contribution in [2.24, 2.45) is 0 Å². The minimum absolute atomic E-state index is 0.0706. The molecule has 0 bridgehead atoms. The average molecular weight is 332 g/mol. The van der Waals surface area contributed by atoms with Crippen molar-refractivity contribution in [1.29, 1.82) is 0 Å². The third kappa shape index (κ3) is 4.07. The average Bonchev–Trinajstić information content (AvgIpc) is 3.01. The molecular formula is C17H17FN2O4. The molecule has 1 aromatic carbocycles. The number of aromatic amines is 1. The lowest BCUT2D eigenvalue weighted by atomic mass is 10.2. The number of esters is 1. The van der Waals surface area contributed by atoms with Crippen LogP contribution in [-0.4, -0.2) is 28.7 Å². The van der Waals surface area contributed by atoms with E-state index < -0.39 is 23.8 Å². The maximum absolute atomic E-state index is 13.5. The Morgan fingerprint density at radius 1 is 1.25 bits per heavy atom. The molecule has 1 atom stereocenters. The summed E-state index contributed by atoms with van der Waals surface area (Å²) in [7, 11) is 0. The first-order chi connectivity index (χ1) is 11.3. The second-order valence-corrected chi connectivity index (χ2v) is 5.36. The molecule has 0 radical (unpaired) electrons. The van der Waals surface area contributed by atoms with Gasteiger partial charge in [-0.3, -0.25) is 9.59 Å². The Bertz CT molecular complexity index is 798. The number of halogens is 1. The van der Waals surface area contributed by atoms with E-state index in [1.165, 1.54) is 38.2 Å². The van der Waals surface area contributed by atoms with E-state index in [4.69, 9.17) is 4.74 Å². The molecular weight excluding hydrogens is 315 g/mol. The van der Waals surface area contributed by atoms with Gasteiger partial charge in [0.05, 0.1) is 0 Å². The number of amides is 1. The van der Waals surface area contributed by atoms with E-state index in [9.17, 15) is 18.8 Å². The standard InChI is InChI=1S/C17H17FN2O4/c1-9-4-5-13(7-14(9)18)20-16(22)11(3)24-17(23)15-6-12(8-19-15)10(2)21/h4-8,11,19H,1-3H3,(H,20,22)/t11-/m0/s1. The number of anilines is 1. The molecule has 1 heterocycles. The van der Waals surface area contributed by atoms with Crippen LogP contribution in [0.5, 0.6) is 0 Å². The van der Waals surface area contributed by atoms with Crippen molar-refractivity contribution in [2.75, 3.05) is 5.32 Å². The number of H-pyrrole nitrogens is 1. The van der Waals surface area contributed by atoms with Crippen LogP contribution >= 0.6 is 0 Å². The number of rotatable bonds is 5. The number of aromatic nitrogens is 1. The number of aryl methyl sites for hydroxylation is 1. The van der Waals surface area contributed by atoms with Gasteiger partial charge < -0.3 is 15.0 Å². The maximum atomic E-state index is 13.5. The molecule has 126 valence electrons. The third-order valence-corrected chi connectivity index (χ3v) is 3.40. The van der Waals surface area contributed by atoms with E-state index in [0.717, 1.165) is 0 Å². The minimum atomic E-state index is -1.09. The van der Waals surface area contributed by atoms with Crippen LogP contribution in [0.4, 0.5) is 10.1 Å². The summed E-state index contributed by atoms with van der Waals surface area (Å²) in [4.78, 5) is 37.8. The van der Waals surface area contributed by atoms with Gasteiger partial charge in [-0.15, -0.1) is 0 Å². The van der Waals surface area contributed by atoms with E-state index in [0.29, 0.717) is 11.1 Å². The lowest BCUT2D eigenvalue weighted by Gasteiger charge is -2.13. The van der Waals surface area contributed by atoms with E-state index in [2.05, 4.69) is 10.3 Å². The minimum Gasteiger partial charge on any atom is -0.448 e. The predicted octanol–water partition coefficient (Wildman–Crippen LogP) is 2.85. The second kappa shape index (κ2) is 7.08. The van der Waals surface area contributed by atoms with Gasteiger partial charge in [0.25, 0.3) is 5.91 Å². The molecule has 2 rings (SSSR count). The van der Waals surface area contributed by atoms with Gasteiger partial charge in [0, 0.05) is 17.4 Å². The Morgan fingerprint density at radius 3 is 2.54 bits per heavy atom. The zero-order chi connectivity index (χ0) is 17.9. The highest BCUT2D eigenvalue weighted by Crippen LogP contribution is 2.14. The first-order valence-corrected chi connectivity index (χ1v) is 7.25. The normalized spacial score (nSPS) is 11.7. The molecule has 0 saturated heterocycles. The summed E-state index contributed by atoms with van der Waals surface area (Å²) in [6.45, 7) is 4.37. The third-order valence-electron chi connectivity index (χ3n) is 3.40. The van der Waals surface area contributed by atoms with Crippen molar-refractivity contribution >= 4 is 23.3 Å². The summed E-state index contributed by atoms with van der Waals surface area (Å²) >= 11 is 0. The van der Waals surface area contributed by atoms with Crippen molar-refractivity contribution in [3.05, 3.63) is 53.1 Å². The summed E-state index contributed by atoms with van der Waals surface area (Å²) in [5.74, 6) is -2.00. The van der Waals surface area contributed by atoms with Crippen LogP contribution in [0, 0.1) is 12.7 Å². The predicted molar refractivity (Wildman–Crippen MR) is 85.4 cm³/mol. The summed E-state index contributed by atoms with van der Waals surface area (Å²) in [5.41, 5.74) is 1.14. The van der Waals surface area contributed by atoms with Gasteiger partial charge >= 0.3 is 5.97 Å². The summed E-state index contributed by atoms with van der Waals surface area (Å²) < 4.78 is 18.5. The van der Waals surface area contributed by atoms with E-state index in [-0.39, 0.29) is 17.2 Å². The van der Waals surface area contributed by atoms with Crippen LogP contribution in [0.3, 0.4) is 0 Å². The highest BCUT2D eigenvalue weighted by Gasteiger charge is 2.20. The molecule has 0 aliphatic heterocycles. The lowest BCUT2D eigenvalue weighted by Crippen LogP contribution is -2.30. The molecule has 0 unspecified atom stereocenters. The Morgan fingerprint density at radius 2 is 1.96 bits per heavy atom. The zero-order valence-corrected chi connectivity index (χ0v) is 13.5. The van der Waals surface area contributed by atoms with Gasteiger partial charge in [0.1, 0.15) is 11.5 Å². The van der Waals surface area contributed by atoms with Crippen molar-refractivity contribution in [3.8, 4) is 0 Å². The van der Waals surface area contributed by atoms with Crippen molar-refractivity contribution in [3.63, 3.8) is 0 Å². The summed E-state index contributed by atoms with van der Waals surface area (Å²) in [5, 5.41) is 2.47. The van der Waals surface area contributed by atoms with Crippen LogP contribution in [-0.2, 0) is 9.53 Å². The van der Waals surface area contributed by atoms with Crippen LogP contribution < -0.4 is 5.32 Å².